The molecule has 1 aromatic carbocycles. The minimum Gasteiger partial charge on any atom is -0.465 e. The quantitative estimate of drug-likeness (QED) is 0.899. The summed E-state index contributed by atoms with van der Waals surface area (Å²) in [7, 11) is 0. The average Bonchev–Trinajstić information content (AvgIpc) is 2.77. The van der Waals surface area contributed by atoms with Gasteiger partial charge in [0.05, 0.1) is 18.2 Å². The topological polar surface area (TPSA) is 49.0 Å². The Hall–Kier alpha value is -2.12. The molecule has 0 radical (unpaired) electrons. The Labute approximate surface area is 105 Å². The van der Waals surface area contributed by atoms with Crippen molar-refractivity contribution in [2.75, 3.05) is 0 Å². The third-order valence-electron chi connectivity index (χ3n) is 2.59. The summed E-state index contributed by atoms with van der Waals surface area (Å²) in [5, 5.41) is 11.7. The monoisotopic (exact) mass is 244 g/mol. The number of halogens is 1. The molecule has 0 spiro atoms. The van der Waals surface area contributed by atoms with Crippen LogP contribution in [0.2, 0.25) is 0 Å². The number of nitriles is 1. The van der Waals surface area contributed by atoms with Gasteiger partial charge in [-0.1, -0.05) is 6.07 Å². The second-order valence-electron chi connectivity index (χ2n) is 4.03. The molecular weight excluding hydrogens is 231 g/mol. The Kier molecular flexibility index (Phi) is 3.75. The van der Waals surface area contributed by atoms with E-state index in [9.17, 15) is 4.39 Å². The zero-order valence-electron chi connectivity index (χ0n) is 10.0. The van der Waals surface area contributed by atoms with Crippen LogP contribution in [0.5, 0.6) is 0 Å². The van der Waals surface area contributed by atoms with E-state index in [1.165, 1.54) is 6.07 Å². The zero-order valence-corrected chi connectivity index (χ0v) is 10.0. The van der Waals surface area contributed by atoms with Crippen LogP contribution in [-0.4, -0.2) is 0 Å². The van der Waals surface area contributed by atoms with Gasteiger partial charge < -0.3 is 9.73 Å². The molecule has 0 unspecified atom stereocenters. The predicted octanol–water partition coefficient (Wildman–Crippen LogP) is 2.89. The van der Waals surface area contributed by atoms with E-state index in [2.05, 4.69) is 5.32 Å². The molecule has 2 rings (SSSR count). The molecular formula is C14H13FN2O. The summed E-state index contributed by atoms with van der Waals surface area (Å²) in [5.41, 5.74) is 0.871. The molecule has 0 saturated heterocycles. The lowest BCUT2D eigenvalue weighted by Crippen LogP contribution is -2.13. The first-order chi connectivity index (χ1) is 8.69. The molecule has 3 nitrogen and oxygen atoms in total. The van der Waals surface area contributed by atoms with E-state index < -0.39 is 0 Å². The molecule has 1 N–H and O–H groups in total. The molecule has 0 atom stereocenters. The number of rotatable bonds is 4. The van der Waals surface area contributed by atoms with Gasteiger partial charge in [0.1, 0.15) is 17.3 Å². The molecule has 0 amide bonds. The second-order valence-corrected chi connectivity index (χ2v) is 4.03. The normalized spacial score (nSPS) is 10.3. The van der Waals surface area contributed by atoms with Gasteiger partial charge in [0.2, 0.25) is 0 Å². The maximum Gasteiger partial charge on any atom is 0.129 e. The maximum absolute atomic E-state index is 13.6. The molecule has 92 valence electrons. The second kappa shape index (κ2) is 5.48. The van der Waals surface area contributed by atoms with E-state index in [4.69, 9.17) is 9.68 Å². The molecule has 0 fully saturated rings. The van der Waals surface area contributed by atoms with E-state index in [0.29, 0.717) is 24.2 Å². The summed E-state index contributed by atoms with van der Waals surface area (Å²) in [5.74, 6) is 1.31. The lowest BCUT2D eigenvalue weighted by molar-refractivity contribution is 0.459. The highest BCUT2D eigenvalue weighted by molar-refractivity contribution is 5.32. The number of benzene rings is 1. The van der Waals surface area contributed by atoms with Crippen LogP contribution in [-0.2, 0) is 13.1 Å². The van der Waals surface area contributed by atoms with Crippen molar-refractivity contribution < 1.29 is 8.81 Å². The van der Waals surface area contributed by atoms with Gasteiger partial charge in [0, 0.05) is 12.1 Å². The number of hydrogen-bond donors (Lipinski definition) is 1. The van der Waals surface area contributed by atoms with E-state index in [1.54, 1.807) is 12.1 Å². The van der Waals surface area contributed by atoms with Gasteiger partial charge in [-0.05, 0) is 31.2 Å². The maximum atomic E-state index is 13.6. The zero-order chi connectivity index (χ0) is 13.0. The standard InChI is InChI=1S/C14H13FN2O/c1-10-2-5-13(18-10)9-17-8-12-4-3-11(7-16)6-14(12)15/h2-6,17H,8-9H2,1H3. The van der Waals surface area contributed by atoms with Crippen LogP contribution in [0.15, 0.2) is 34.7 Å². The van der Waals surface area contributed by atoms with E-state index >= 15 is 0 Å². The number of aryl methyl sites for hydroxylation is 1. The number of furan rings is 1. The van der Waals surface area contributed by atoms with Gasteiger partial charge in [-0.25, -0.2) is 4.39 Å². The van der Waals surface area contributed by atoms with Crippen molar-refractivity contribution in [2.24, 2.45) is 0 Å². The molecule has 0 aliphatic heterocycles. The first kappa shape index (κ1) is 12.3. The fourth-order valence-electron chi connectivity index (χ4n) is 1.66. The number of nitrogens with zero attached hydrogens (tertiary/aromatic N) is 1. The summed E-state index contributed by atoms with van der Waals surface area (Å²) in [6.45, 7) is 2.83. The Balaban J connectivity index is 1.92. The lowest BCUT2D eigenvalue weighted by Gasteiger charge is -2.04. The van der Waals surface area contributed by atoms with Crippen molar-refractivity contribution in [1.29, 1.82) is 5.26 Å². The highest BCUT2D eigenvalue weighted by atomic mass is 19.1. The Morgan fingerprint density at radius 2 is 2.11 bits per heavy atom. The van der Waals surface area contributed by atoms with Crippen molar-refractivity contribution in [3.8, 4) is 6.07 Å². The Morgan fingerprint density at radius 3 is 2.72 bits per heavy atom. The third kappa shape index (κ3) is 2.96. The van der Waals surface area contributed by atoms with Crippen LogP contribution >= 0.6 is 0 Å². The van der Waals surface area contributed by atoms with Gasteiger partial charge in [-0.2, -0.15) is 5.26 Å². The fourth-order valence-corrected chi connectivity index (χ4v) is 1.66. The van der Waals surface area contributed by atoms with Crippen LogP contribution in [0.1, 0.15) is 22.6 Å². The van der Waals surface area contributed by atoms with Crippen molar-refractivity contribution in [3.63, 3.8) is 0 Å². The molecule has 0 bridgehead atoms. The fraction of sp³-hybridized carbons (Fsp3) is 0.214. The average molecular weight is 244 g/mol. The van der Waals surface area contributed by atoms with Crippen LogP contribution in [0.25, 0.3) is 0 Å². The Morgan fingerprint density at radius 1 is 1.28 bits per heavy atom. The van der Waals surface area contributed by atoms with E-state index in [0.717, 1.165) is 11.5 Å². The van der Waals surface area contributed by atoms with Gasteiger partial charge >= 0.3 is 0 Å². The number of hydrogen-bond acceptors (Lipinski definition) is 3. The largest absolute Gasteiger partial charge is 0.465 e. The van der Waals surface area contributed by atoms with Crippen molar-refractivity contribution >= 4 is 0 Å². The Bertz CT molecular complexity index is 584. The molecule has 1 aromatic heterocycles. The minimum absolute atomic E-state index is 0.331. The molecule has 1 heterocycles. The third-order valence-corrected chi connectivity index (χ3v) is 2.59. The van der Waals surface area contributed by atoms with E-state index in [1.807, 2.05) is 25.1 Å². The summed E-state index contributed by atoms with van der Waals surface area (Å²) in [4.78, 5) is 0. The minimum atomic E-state index is -0.364. The molecule has 0 aliphatic carbocycles. The SMILES string of the molecule is Cc1ccc(CNCc2ccc(C#N)cc2F)o1. The smallest absolute Gasteiger partial charge is 0.129 e. The van der Waals surface area contributed by atoms with Crippen LogP contribution < -0.4 is 5.32 Å². The molecule has 0 saturated carbocycles. The van der Waals surface area contributed by atoms with Crippen molar-refractivity contribution in [2.45, 2.75) is 20.0 Å². The molecule has 2 aromatic rings. The highest BCUT2D eigenvalue weighted by Crippen LogP contribution is 2.10. The van der Waals surface area contributed by atoms with Gasteiger partial charge in [-0.15, -0.1) is 0 Å². The summed E-state index contributed by atoms with van der Waals surface area (Å²) in [6.07, 6.45) is 0. The van der Waals surface area contributed by atoms with Crippen LogP contribution in [0.3, 0.4) is 0 Å². The number of nitrogens with one attached hydrogen (secondary N) is 1. The first-order valence-electron chi connectivity index (χ1n) is 5.63. The van der Waals surface area contributed by atoms with Gasteiger partial charge in [0.25, 0.3) is 0 Å². The summed E-state index contributed by atoms with van der Waals surface area (Å²) < 4.78 is 18.9. The summed E-state index contributed by atoms with van der Waals surface area (Å²) >= 11 is 0. The van der Waals surface area contributed by atoms with Crippen molar-refractivity contribution in [3.05, 3.63) is 58.8 Å². The van der Waals surface area contributed by atoms with E-state index in [-0.39, 0.29) is 5.82 Å². The summed E-state index contributed by atoms with van der Waals surface area (Å²) in [6, 6.07) is 10.2. The van der Waals surface area contributed by atoms with Crippen molar-refractivity contribution in [1.82, 2.24) is 5.32 Å². The van der Waals surface area contributed by atoms with Gasteiger partial charge in [0.15, 0.2) is 0 Å². The molecule has 4 heteroatoms. The van der Waals surface area contributed by atoms with Crippen LogP contribution in [0, 0.1) is 24.1 Å². The highest BCUT2D eigenvalue weighted by Gasteiger charge is 2.04. The lowest BCUT2D eigenvalue weighted by atomic mass is 10.1. The van der Waals surface area contributed by atoms with Crippen LogP contribution in [0.4, 0.5) is 4.39 Å². The van der Waals surface area contributed by atoms with Gasteiger partial charge in [-0.3, -0.25) is 0 Å². The first-order valence-corrected chi connectivity index (χ1v) is 5.63. The molecule has 18 heavy (non-hydrogen) atoms. The predicted molar refractivity (Wildman–Crippen MR) is 65.1 cm³/mol. The molecule has 0 aliphatic rings.